The van der Waals surface area contributed by atoms with Crippen molar-refractivity contribution >= 4 is 22.7 Å². The fourth-order valence-corrected chi connectivity index (χ4v) is 4.17. The van der Waals surface area contributed by atoms with Gasteiger partial charge in [-0.25, -0.2) is 4.79 Å². The predicted octanol–water partition coefficient (Wildman–Crippen LogP) is 4.36. The first-order chi connectivity index (χ1) is 16.1. The Hall–Kier alpha value is -4.64. The topological polar surface area (TPSA) is 110 Å². The molecule has 0 fully saturated rings. The highest BCUT2D eigenvalue weighted by Crippen LogP contribution is 2.44. The molecule has 8 nitrogen and oxygen atoms in total. The number of ether oxygens (including phenoxy) is 1. The molecule has 162 valence electrons. The molecule has 0 unspecified atom stereocenters. The summed E-state index contributed by atoms with van der Waals surface area (Å²) in [5.41, 5.74) is 5.51. The number of carbonyl (C=O) groups is 1. The summed E-state index contributed by atoms with van der Waals surface area (Å²) in [6, 6.07) is 19.3. The second-order valence-corrected chi connectivity index (χ2v) is 7.56. The highest BCUT2D eigenvalue weighted by Gasteiger charge is 2.28. The van der Waals surface area contributed by atoms with Gasteiger partial charge in [0.15, 0.2) is 0 Å². The third kappa shape index (κ3) is 3.88. The molecule has 0 aliphatic heterocycles. The van der Waals surface area contributed by atoms with Crippen LogP contribution in [-0.2, 0) is 4.74 Å². The predicted molar refractivity (Wildman–Crippen MR) is 123 cm³/mol. The summed E-state index contributed by atoms with van der Waals surface area (Å²) in [5, 5.41) is 20.8. The maximum atomic E-state index is 12.2. The van der Waals surface area contributed by atoms with Crippen molar-refractivity contribution in [2.45, 2.75) is 5.92 Å². The number of amides is 1. The largest absolute Gasteiger partial charge is 0.449 e. The van der Waals surface area contributed by atoms with E-state index in [1.54, 1.807) is 6.07 Å². The molecule has 1 heterocycles. The van der Waals surface area contributed by atoms with Crippen molar-refractivity contribution in [2.24, 2.45) is 0 Å². The molecular formula is C25H18N4O4. The van der Waals surface area contributed by atoms with Gasteiger partial charge in [-0.3, -0.25) is 15.2 Å². The smallest absolute Gasteiger partial charge is 0.407 e. The molecule has 2 N–H and O–H groups in total. The molecular weight excluding hydrogens is 420 g/mol. The number of nitrogens with one attached hydrogen (secondary N) is 2. The molecule has 0 radical (unpaired) electrons. The molecule has 4 aromatic rings. The van der Waals surface area contributed by atoms with Gasteiger partial charge in [0.1, 0.15) is 6.61 Å². The SMILES string of the molecule is O=C(NCC#Cc1cc([N+](=O)[O-])c2cn[nH]c2c1)OCC1c2ccccc2-c2ccccc21. The van der Waals surface area contributed by atoms with E-state index in [4.69, 9.17) is 4.74 Å². The number of carbonyl (C=O) groups excluding carboxylic acids is 1. The van der Waals surface area contributed by atoms with Gasteiger partial charge >= 0.3 is 6.09 Å². The Balaban J connectivity index is 1.21. The van der Waals surface area contributed by atoms with Crippen molar-refractivity contribution < 1.29 is 14.5 Å². The normalized spacial score (nSPS) is 11.9. The van der Waals surface area contributed by atoms with Crippen LogP contribution in [0.4, 0.5) is 10.5 Å². The lowest BCUT2D eigenvalue weighted by Crippen LogP contribution is -2.26. The molecule has 0 saturated heterocycles. The van der Waals surface area contributed by atoms with Gasteiger partial charge in [0.25, 0.3) is 5.69 Å². The number of rotatable bonds is 4. The summed E-state index contributed by atoms with van der Waals surface area (Å²) in [6.45, 7) is 0.265. The molecule has 0 bridgehead atoms. The second-order valence-electron chi connectivity index (χ2n) is 7.56. The maximum absolute atomic E-state index is 12.2. The fourth-order valence-electron chi connectivity index (χ4n) is 4.17. The van der Waals surface area contributed by atoms with Crippen molar-refractivity contribution in [3.63, 3.8) is 0 Å². The molecule has 0 spiro atoms. The van der Waals surface area contributed by atoms with Gasteiger partial charge in [0.05, 0.1) is 28.6 Å². The monoisotopic (exact) mass is 438 g/mol. The number of aromatic amines is 1. The molecule has 0 saturated carbocycles. The number of hydrogen-bond donors (Lipinski definition) is 2. The molecule has 1 aliphatic rings. The summed E-state index contributed by atoms with van der Waals surface area (Å²) in [7, 11) is 0. The van der Waals surface area contributed by atoms with E-state index in [0.29, 0.717) is 16.5 Å². The Bertz CT molecular complexity index is 1400. The average molecular weight is 438 g/mol. The summed E-state index contributed by atoms with van der Waals surface area (Å²) in [4.78, 5) is 23.0. The van der Waals surface area contributed by atoms with Crippen LogP contribution < -0.4 is 5.32 Å². The zero-order valence-corrected chi connectivity index (χ0v) is 17.4. The molecule has 1 amide bonds. The van der Waals surface area contributed by atoms with Crippen LogP contribution in [0.1, 0.15) is 22.6 Å². The van der Waals surface area contributed by atoms with Crippen molar-refractivity contribution in [3.05, 3.63) is 93.7 Å². The zero-order valence-electron chi connectivity index (χ0n) is 17.4. The fraction of sp³-hybridized carbons (Fsp3) is 0.120. The van der Waals surface area contributed by atoms with Gasteiger partial charge < -0.3 is 10.1 Å². The number of nitrogens with zero attached hydrogens (tertiary/aromatic N) is 2. The number of aromatic nitrogens is 2. The molecule has 5 rings (SSSR count). The highest BCUT2D eigenvalue weighted by atomic mass is 16.6. The highest BCUT2D eigenvalue weighted by molar-refractivity contribution is 5.89. The van der Waals surface area contributed by atoms with Crippen LogP contribution in [0.5, 0.6) is 0 Å². The number of hydrogen-bond acceptors (Lipinski definition) is 5. The third-order valence-corrected chi connectivity index (χ3v) is 5.63. The first-order valence-electron chi connectivity index (χ1n) is 10.3. The molecule has 3 aromatic carbocycles. The molecule has 1 aromatic heterocycles. The number of benzene rings is 3. The number of H-pyrrole nitrogens is 1. The lowest BCUT2D eigenvalue weighted by atomic mass is 9.98. The Kier molecular flexibility index (Phi) is 5.21. The molecule has 1 aliphatic carbocycles. The summed E-state index contributed by atoms with van der Waals surface area (Å²) in [5.74, 6) is 5.61. The molecule has 33 heavy (non-hydrogen) atoms. The van der Waals surface area contributed by atoms with E-state index < -0.39 is 11.0 Å². The lowest BCUT2D eigenvalue weighted by Gasteiger charge is -2.14. The Morgan fingerprint density at radius 2 is 1.82 bits per heavy atom. The van der Waals surface area contributed by atoms with E-state index >= 15 is 0 Å². The van der Waals surface area contributed by atoms with Gasteiger partial charge in [-0.2, -0.15) is 5.10 Å². The van der Waals surface area contributed by atoms with Gasteiger partial charge in [-0.15, -0.1) is 0 Å². The van der Waals surface area contributed by atoms with E-state index in [0.717, 1.165) is 22.3 Å². The summed E-state index contributed by atoms with van der Waals surface area (Å²) in [6.07, 6.45) is 0.838. The third-order valence-electron chi connectivity index (χ3n) is 5.63. The summed E-state index contributed by atoms with van der Waals surface area (Å²) < 4.78 is 5.47. The van der Waals surface area contributed by atoms with Crippen LogP contribution in [0.3, 0.4) is 0 Å². The number of nitro groups is 1. The number of alkyl carbamates (subject to hydrolysis) is 1. The van der Waals surface area contributed by atoms with Crippen molar-refractivity contribution in [3.8, 4) is 23.0 Å². The minimum atomic E-state index is -0.568. The van der Waals surface area contributed by atoms with Gasteiger partial charge in [0.2, 0.25) is 0 Å². The van der Waals surface area contributed by atoms with Crippen molar-refractivity contribution in [1.29, 1.82) is 0 Å². The van der Waals surface area contributed by atoms with Crippen molar-refractivity contribution in [1.82, 2.24) is 15.5 Å². The number of nitro benzene ring substituents is 1. The quantitative estimate of drug-likeness (QED) is 0.279. The Labute approximate surface area is 188 Å². The standard InChI is InChI=1S/C25H18N4O4/c30-25(26-11-5-6-16-12-23-21(14-27-28-23)24(13-16)29(31)32)33-15-22-19-9-3-1-7-17(19)18-8-2-4-10-20(18)22/h1-4,7-10,12-14,22H,11,15H2,(H,26,30)(H,27,28). The Morgan fingerprint density at radius 3 is 2.52 bits per heavy atom. The lowest BCUT2D eigenvalue weighted by molar-refractivity contribution is -0.383. The van der Waals surface area contributed by atoms with Crippen LogP contribution in [0.25, 0.3) is 22.0 Å². The first-order valence-corrected chi connectivity index (χ1v) is 10.3. The van der Waals surface area contributed by atoms with Crippen LogP contribution >= 0.6 is 0 Å². The van der Waals surface area contributed by atoms with Gasteiger partial charge in [-0.05, 0) is 28.3 Å². The maximum Gasteiger partial charge on any atom is 0.407 e. The number of fused-ring (bicyclic) bond motifs is 4. The minimum Gasteiger partial charge on any atom is -0.449 e. The first kappa shape index (κ1) is 20.3. The molecule has 8 heteroatoms. The van der Waals surface area contributed by atoms with E-state index in [1.807, 2.05) is 24.3 Å². The average Bonchev–Trinajstić information content (AvgIpc) is 3.42. The minimum absolute atomic E-state index is 0.0177. The van der Waals surface area contributed by atoms with E-state index in [-0.39, 0.29) is 24.8 Å². The second kappa shape index (κ2) is 8.48. The summed E-state index contributed by atoms with van der Waals surface area (Å²) >= 11 is 0. The Morgan fingerprint density at radius 1 is 1.12 bits per heavy atom. The van der Waals surface area contributed by atoms with Crippen molar-refractivity contribution in [2.75, 3.05) is 13.2 Å². The van der Waals surface area contributed by atoms with Crippen LogP contribution in [-0.4, -0.2) is 34.4 Å². The van der Waals surface area contributed by atoms with E-state index in [2.05, 4.69) is 51.6 Å². The van der Waals surface area contributed by atoms with Gasteiger partial charge in [0, 0.05) is 17.5 Å². The zero-order chi connectivity index (χ0) is 22.8. The van der Waals surface area contributed by atoms with E-state index in [9.17, 15) is 14.9 Å². The van der Waals surface area contributed by atoms with E-state index in [1.165, 1.54) is 12.3 Å². The van der Waals surface area contributed by atoms with Crippen LogP contribution in [0, 0.1) is 22.0 Å². The number of non-ortho nitro benzene ring substituents is 1. The van der Waals surface area contributed by atoms with Gasteiger partial charge in [-0.1, -0.05) is 60.4 Å². The molecule has 0 atom stereocenters. The van der Waals surface area contributed by atoms with Crippen LogP contribution in [0.15, 0.2) is 66.9 Å². The van der Waals surface area contributed by atoms with Crippen LogP contribution in [0.2, 0.25) is 0 Å².